The highest BCUT2D eigenvalue weighted by Gasteiger charge is 2.47. The van der Waals surface area contributed by atoms with Gasteiger partial charge in [-0.2, -0.15) is 0 Å². The zero-order chi connectivity index (χ0) is 82.4. The SMILES string of the molecule is CC(C)(C)c1ccc2c(c1)N(c1cc(-c3ccccc3)cc(-c3ccccc3)c1)c1cc(-c3ccc([Si](c4ccccc4)(c4ccccc4)c4cccc(-c5ccccc5)c4)cc3)cc3c1B2c1cc(-c2ccc([Si](c4ccccc4)(c4ccccc4)c4cccc(-c5ccccc5)c4)cc2)ccc1N3c1ccc(-c2ccccc2)cc1-c1ccccc1. The van der Waals surface area contributed by atoms with Crippen LogP contribution in [0.2, 0.25) is 0 Å². The summed E-state index contributed by atoms with van der Waals surface area (Å²) in [4.78, 5) is 5.31. The Hall–Kier alpha value is -14.7. The second kappa shape index (κ2) is 32.1. The Labute approximate surface area is 725 Å². The summed E-state index contributed by atoms with van der Waals surface area (Å²) in [7, 11) is -6.10. The second-order valence-corrected chi connectivity index (χ2v) is 41.4. The number of benzene rings is 19. The summed E-state index contributed by atoms with van der Waals surface area (Å²) in [6.45, 7) is 6.84. The Morgan fingerprint density at radius 2 is 0.496 bits per heavy atom. The van der Waals surface area contributed by atoms with Crippen LogP contribution in [-0.2, 0) is 5.41 Å². The van der Waals surface area contributed by atoms with Crippen molar-refractivity contribution in [1.29, 1.82) is 0 Å². The Bertz CT molecular complexity index is 6900. The monoisotopic (exact) mass is 1600 g/mol. The van der Waals surface area contributed by atoms with E-state index >= 15 is 0 Å². The fourth-order valence-electron chi connectivity index (χ4n) is 19.8. The maximum Gasteiger partial charge on any atom is 0.252 e. The normalized spacial score (nSPS) is 12.3. The molecule has 0 aromatic heterocycles. The molecule has 0 aliphatic carbocycles. The molecule has 19 aromatic carbocycles. The maximum absolute atomic E-state index is 3.09. The van der Waals surface area contributed by atoms with E-state index in [4.69, 9.17) is 0 Å². The van der Waals surface area contributed by atoms with Crippen LogP contribution in [0.1, 0.15) is 26.3 Å². The van der Waals surface area contributed by atoms with Crippen molar-refractivity contribution in [2.24, 2.45) is 0 Å². The number of hydrogen-bond donors (Lipinski definition) is 0. The number of nitrogens with zero attached hydrogens (tertiary/aromatic N) is 2. The number of anilines is 6. The van der Waals surface area contributed by atoms with Gasteiger partial charge < -0.3 is 9.80 Å². The quantitative estimate of drug-likeness (QED) is 0.0624. The average molecular weight is 1600 g/mol. The summed E-state index contributed by atoms with van der Waals surface area (Å²) in [5.41, 5.74) is 30.0. The molecule has 123 heavy (non-hydrogen) atoms. The molecule has 2 nitrogen and oxygen atoms in total. The van der Waals surface area contributed by atoms with Gasteiger partial charge in [0.25, 0.3) is 6.71 Å². The predicted octanol–water partition coefficient (Wildman–Crippen LogP) is 23.2. The minimum Gasteiger partial charge on any atom is -0.311 e. The maximum atomic E-state index is 2.66. The van der Waals surface area contributed by atoms with Gasteiger partial charge in [-0.1, -0.05) is 451 Å². The molecule has 0 radical (unpaired) electrons. The molecule has 0 spiro atoms. The number of hydrogen-bond acceptors (Lipinski definition) is 2. The number of fused-ring (bicyclic) bond motifs is 4. The van der Waals surface area contributed by atoms with Crippen molar-refractivity contribution in [2.75, 3.05) is 9.80 Å². The zero-order valence-corrected chi connectivity index (χ0v) is 71.2. The summed E-state index contributed by atoms with van der Waals surface area (Å²) < 4.78 is 0. The third kappa shape index (κ3) is 13.7. The Kier molecular flexibility index (Phi) is 19.8. The summed E-state index contributed by atoms with van der Waals surface area (Å²) in [5, 5.41) is 10.6. The first-order valence-corrected chi connectivity index (χ1v) is 47.0. The highest BCUT2D eigenvalue weighted by molar-refractivity contribution is 7.20. The van der Waals surface area contributed by atoms with Gasteiger partial charge in [0.2, 0.25) is 0 Å². The van der Waals surface area contributed by atoms with Crippen LogP contribution in [0, 0.1) is 0 Å². The van der Waals surface area contributed by atoms with Crippen LogP contribution in [0.4, 0.5) is 34.1 Å². The molecule has 0 bridgehead atoms. The van der Waals surface area contributed by atoms with Crippen molar-refractivity contribution in [2.45, 2.75) is 26.2 Å². The van der Waals surface area contributed by atoms with Gasteiger partial charge in [-0.15, -0.1) is 0 Å². The summed E-state index contributed by atoms with van der Waals surface area (Å²) >= 11 is 0. The highest BCUT2D eigenvalue weighted by Crippen LogP contribution is 2.51. The fourth-order valence-corrected chi connectivity index (χ4v) is 29.3. The second-order valence-electron chi connectivity index (χ2n) is 33.8. The zero-order valence-electron chi connectivity index (χ0n) is 69.2. The van der Waals surface area contributed by atoms with Crippen molar-refractivity contribution in [3.8, 4) is 89.0 Å². The lowest BCUT2D eigenvalue weighted by atomic mass is 9.33. The van der Waals surface area contributed by atoms with Crippen LogP contribution >= 0.6 is 0 Å². The molecule has 0 saturated carbocycles. The summed E-state index contributed by atoms with van der Waals surface area (Å²) in [5.74, 6) is 0. The molecule has 5 heteroatoms. The van der Waals surface area contributed by atoms with Crippen LogP contribution in [0.3, 0.4) is 0 Å². The van der Waals surface area contributed by atoms with E-state index in [2.05, 4.69) is 516 Å². The van der Waals surface area contributed by atoms with Crippen molar-refractivity contribution in [3.63, 3.8) is 0 Å². The molecular weight excluding hydrogens is 1510 g/mol. The van der Waals surface area contributed by atoms with Crippen molar-refractivity contribution >= 4 is 115 Å². The fraction of sp³-hybridized carbons (Fsp3) is 0.0339. The lowest BCUT2D eigenvalue weighted by Crippen LogP contribution is -2.74. The molecule has 0 saturated heterocycles. The van der Waals surface area contributed by atoms with E-state index in [1.54, 1.807) is 0 Å². The molecule has 0 unspecified atom stereocenters. The third-order valence-electron chi connectivity index (χ3n) is 25.7. The Balaban J connectivity index is 0.832. The number of rotatable bonds is 18. The summed E-state index contributed by atoms with van der Waals surface area (Å²) in [6, 6.07) is 184. The minimum absolute atomic E-state index is 0.204. The van der Waals surface area contributed by atoms with Crippen LogP contribution in [0.25, 0.3) is 89.0 Å². The van der Waals surface area contributed by atoms with Gasteiger partial charge in [0.1, 0.15) is 0 Å². The Morgan fingerprint density at radius 1 is 0.187 bits per heavy atom. The molecule has 582 valence electrons. The third-order valence-corrected chi connectivity index (χ3v) is 35.2. The standard InChI is InChI=1S/C118H89BN2Si2/c1-118(2,3)99-66-71-110-114(83-99)120(100-75-96(87-42-20-7-21-43-87)74-97(76-100)88-44-22-8-23-45-88)115-81-98(90-62-69-106(70-63-90)123(103-54-30-12-31-55-103,104-56-32-13-33-57-104)108-59-35-49-93(78-108)85-38-16-5-17-39-85)82-116-117(115)119(110)111-80-95(65-73-113(111)121(116)112-72-64-94(86-40-18-6-19-41-86)79-109(112)91-46-24-9-25-47-91)89-60-67-105(68-61-89)122(101-50-26-10-27-51-101,102-52-28-11-29-53-102)107-58-34-48-92(77-107)84-36-14-4-15-37-84/h4-83H,1-3H3. The van der Waals surface area contributed by atoms with Gasteiger partial charge in [-0.05, 0) is 207 Å². The van der Waals surface area contributed by atoms with Crippen LogP contribution in [0.5, 0.6) is 0 Å². The van der Waals surface area contributed by atoms with Crippen molar-refractivity contribution in [1.82, 2.24) is 0 Å². The van der Waals surface area contributed by atoms with Crippen LogP contribution < -0.4 is 67.7 Å². The van der Waals surface area contributed by atoms with Crippen molar-refractivity contribution < 1.29 is 0 Å². The van der Waals surface area contributed by atoms with Gasteiger partial charge >= 0.3 is 0 Å². The molecule has 0 fully saturated rings. The van der Waals surface area contributed by atoms with Gasteiger partial charge in [0.05, 0.1) is 5.69 Å². The van der Waals surface area contributed by atoms with Gasteiger partial charge in [-0.25, -0.2) is 0 Å². The van der Waals surface area contributed by atoms with Gasteiger partial charge in [0, 0.05) is 34.0 Å². The van der Waals surface area contributed by atoms with E-state index in [0.717, 1.165) is 101 Å². The van der Waals surface area contributed by atoms with E-state index in [1.807, 2.05) is 0 Å². The van der Waals surface area contributed by atoms with Crippen LogP contribution in [-0.4, -0.2) is 22.9 Å². The van der Waals surface area contributed by atoms with E-state index in [9.17, 15) is 0 Å². The Morgan fingerprint density at radius 3 is 0.911 bits per heavy atom. The smallest absolute Gasteiger partial charge is 0.252 e. The van der Waals surface area contributed by atoms with Crippen molar-refractivity contribution in [3.05, 3.63) is 491 Å². The first-order chi connectivity index (χ1) is 60.6. The molecule has 0 atom stereocenters. The average Bonchev–Trinajstić information content (AvgIpc) is 0.688. The highest BCUT2D eigenvalue weighted by atomic mass is 28.3. The molecule has 2 aliphatic rings. The molecule has 2 aliphatic heterocycles. The van der Waals surface area contributed by atoms with E-state index in [0.29, 0.717) is 0 Å². The van der Waals surface area contributed by atoms with E-state index < -0.39 is 16.1 Å². The van der Waals surface area contributed by atoms with Gasteiger partial charge in [0.15, 0.2) is 16.1 Å². The van der Waals surface area contributed by atoms with E-state index in [1.165, 1.54) is 85.7 Å². The van der Waals surface area contributed by atoms with E-state index in [-0.39, 0.29) is 12.1 Å². The van der Waals surface area contributed by atoms with Crippen LogP contribution in [0.15, 0.2) is 485 Å². The summed E-state index contributed by atoms with van der Waals surface area (Å²) in [6.07, 6.45) is 0. The lowest BCUT2D eigenvalue weighted by molar-refractivity contribution is 0.590. The largest absolute Gasteiger partial charge is 0.311 e. The molecule has 19 aromatic rings. The lowest BCUT2D eigenvalue weighted by Gasteiger charge is -2.45. The van der Waals surface area contributed by atoms with Gasteiger partial charge in [-0.3, -0.25) is 0 Å². The first kappa shape index (κ1) is 75.7. The topological polar surface area (TPSA) is 6.48 Å². The minimum atomic E-state index is -3.09. The molecule has 0 N–H and O–H groups in total. The molecular formula is C118H89BN2Si2. The first-order valence-electron chi connectivity index (χ1n) is 43.0. The predicted molar refractivity (Wildman–Crippen MR) is 530 cm³/mol. The molecule has 21 rings (SSSR count). The molecule has 2 heterocycles. The molecule has 0 amide bonds.